The van der Waals surface area contributed by atoms with E-state index in [1.807, 2.05) is 19.6 Å². The molecule has 0 rings (SSSR count). The summed E-state index contributed by atoms with van der Waals surface area (Å²) in [5.74, 6) is -0.165. The second-order valence-electron chi connectivity index (χ2n) is 3.13. The van der Waals surface area contributed by atoms with Crippen LogP contribution in [0.25, 0.3) is 0 Å². The van der Waals surface area contributed by atoms with Crippen LogP contribution in [-0.2, 0) is 9.22 Å². The minimum Gasteiger partial charge on any atom is -0.520 e. The summed E-state index contributed by atoms with van der Waals surface area (Å²) in [6, 6.07) is 0. The van der Waals surface area contributed by atoms with E-state index in [9.17, 15) is 4.79 Å². The van der Waals surface area contributed by atoms with Crippen molar-refractivity contribution in [3.05, 3.63) is 0 Å². The van der Waals surface area contributed by atoms with Gasteiger partial charge in [-0.05, 0) is 19.6 Å². The Bertz CT molecular complexity index is 119. The molecule has 0 saturated heterocycles. The van der Waals surface area contributed by atoms with Crippen molar-refractivity contribution in [3.63, 3.8) is 0 Å². The van der Waals surface area contributed by atoms with E-state index in [0.717, 1.165) is 0 Å². The second kappa shape index (κ2) is 3.73. The van der Waals surface area contributed by atoms with Crippen molar-refractivity contribution in [2.45, 2.75) is 26.1 Å². The van der Waals surface area contributed by atoms with Gasteiger partial charge in [0.05, 0.1) is 6.42 Å². The van der Waals surface area contributed by atoms with E-state index in [1.165, 1.54) is 0 Å². The normalized spacial score (nSPS) is 11.2. The minimum absolute atomic E-state index is 0.165. The van der Waals surface area contributed by atoms with Crippen LogP contribution < -0.4 is 5.73 Å². The Morgan fingerprint density at radius 2 is 2.00 bits per heavy atom. The van der Waals surface area contributed by atoms with Gasteiger partial charge in [0, 0.05) is 6.54 Å². The van der Waals surface area contributed by atoms with Crippen LogP contribution in [0.2, 0.25) is 19.6 Å². The molecule has 0 aliphatic carbocycles. The maximum atomic E-state index is 10.8. The van der Waals surface area contributed by atoms with Crippen LogP contribution in [0, 0.1) is 0 Å². The van der Waals surface area contributed by atoms with Crippen molar-refractivity contribution in [2.75, 3.05) is 6.54 Å². The minimum atomic E-state index is -1.66. The maximum Gasteiger partial charge on any atom is 0.293 e. The summed E-state index contributed by atoms with van der Waals surface area (Å²) < 4.78 is 5.10. The van der Waals surface area contributed by atoms with Gasteiger partial charge in [0.15, 0.2) is 0 Å². The molecule has 0 bridgehead atoms. The zero-order valence-corrected chi connectivity index (χ0v) is 7.81. The van der Waals surface area contributed by atoms with Crippen LogP contribution in [0.4, 0.5) is 0 Å². The fourth-order valence-electron chi connectivity index (χ4n) is 0.510. The molecule has 10 heavy (non-hydrogen) atoms. The Morgan fingerprint density at radius 3 is 2.30 bits per heavy atom. The molecule has 0 spiro atoms. The van der Waals surface area contributed by atoms with Gasteiger partial charge in [-0.2, -0.15) is 0 Å². The number of carbonyl (C=O) groups is 1. The number of nitrogens with two attached hydrogens (primary N) is 1. The Morgan fingerprint density at radius 1 is 1.50 bits per heavy atom. The van der Waals surface area contributed by atoms with Gasteiger partial charge in [-0.1, -0.05) is 0 Å². The first-order valence-electron chi connectivity index (χ1n) is 3.37. The predicted molar refractivity (Wildman–Crippen MR) is 43.1 cm³/mol. The summed E-state index contributed by atoms with van der Waals surface area (Å²) in [4.78, 5) is 10.8. The average molecular weight is 161 g/mol. The third-order valence-corrected chi connectivity index (χ3v) is 1.61. The second-order valence-corrected chi connectivity index (χ2v) is 7.55. The molecule has 0 fully saturated rings. The first-order valence-corrected chi connectivity index (χ1v) is 6.78. The van der Waals surface area contributed by atoms with Crippen LogP contribution in [0.3, 0.4) is 0 Å². The van der Waals surface area contributed by atoms with E-state index < -0.39 is 8.32 Å². The summed E-state index contributed by atoms with van der Waals surface area (Å²) in [5, 5.41) is 0. The van der Waals surface area contributed by atoms with Gasteiger partial charge < -0.3 is 10.2 Å². The molecule has 60 valence electrons. The largest absolute Gasteiger partial charge is 0.520 e. The van der Waals surface area contributed by atoms with Gasteiger partial charge in [0.1, 0.15) is 0 Å². The molecule has 0 amide bonds. The number of rotatable bonds is 3. The van der Waals surface area contributed by atoms with Crippen LogP contribution in [0.5, 0.6) is 0 Å². The van der Waals surface area contributed by atoms with Gasteiger partial charge in [0.2, 0.25) is 8.32 Å². The Labute approximate surface area is 62.7 Å². The highest BCUT2D eigenvalue weighted by Gasteiger charge is 2.18. The van der Waals surface area contributed by atoms with Crippen molar-refractivity contribution >= 4 is 14.3 Å². The Balaban J connectivity index is 3.58. The molecule has 0 aromatic rings. The molecule has 0 heterocycles. The van der Waals surface area contributed by atoms with E-state index in [-0.39, 0.29) is 5.97 Å². The van der Waals surface area contributed by atoms with Gasteiger partial charge in [-0.25, -0.2) is 0 Å². The third kappa shape index (κ3) is 5.78. The van der Waals surface area contributed by atoms with E-state index in [2.05, 4.69) is 0 Å². The van der Waals surface area contributed by atoms with Crippen molar-refractivity contribution in [1.29, 1.82) is 0 Å². The SMILES string of the molecule is C[Si](C)(C)OC(=O)CCN. The molecular weight excluding hydrogens is 146 g/mol. The molecule has 0 radical (unpaired) electrons. The highest BCUT2D eigenvalue weighted by atomic mass is 28.4. The number of hydrogen-bond acceptors (Lipinski definition) is 3. The number of carbonyl (C=O) groups excluding carboxylic acids is 1. The van der Waals surface area contributed by atoms with E-state index in [1.54, 1.807) is 0 Å². The molecule has 0 aromatic carbocycles. The first-order chi connectivity index (χ1) is 4.45. The topological polar surface area (TPSA) is 52.3 Å². The lowest BCUT2D eigenvalue weighted by Crippen LogP contribution is -2.30. The fourth-order valence-corrected chi connectivity index (χ4v) is 1.30. The van der Waals surface area contributed by atoms with Crippen LogP contribution in [0.1, 0.15) is 6.42 Å². The predicted octanol–water partition coefficient (Wildman–Crippen LogP) is 0.713. The summed E-state index contributed by atoms with van der Waals surface area (Å²) in [5.41, 5.74) is 5.16. The van der Waals surface area contributed by atoms with Crippen LogP contribution in [0.15, 0.2) is 0 Å². The van der Waals surface area contributed by atoms with E-state index >= 15 is 0 Å². The summed E-state index contributed by atoms with van der Waals surface area (Å²) in [6.45, 7) is 6.30. The molecule has 0 aliphatic heterocycles. The standard InChI is InChI=1S/C6H15NO2Si/c1-10(2,3)9-6(8)4-5-7/h4-5,7H2,1-3H3. The van der Waals surface area contributed by atoms with Crippen LogP contribution in [-0.4, -0.2) is 20.8 Å². The van der Waals surface area contributed by atoms with Crippen molar-refractivity contribution in [2.24, 2.45) is 5.73 Å². The first kappa shape index (κ1) is 9.65. The molecule has 0 unspecified atom stereocenters. The smallest absolute Gasteiger partial charge is 0.293 e. The molecule has 0 aliphatic rings. The third-order valence-electron chi connectivity index (χ3n) is 0.768. The fraction of sp³-hybridized carbons (Fsp3) is 0.833. The van der Waals surface area contributed by atoms with Gasteiger partial charge >= 0.3 is 0 Å². The molecule has 3 nitrogen and oxygen atoms in total. The molecular formula is C6H15NO2Si. The maximum absolute atomic E-state index is 10.8. The number of hydrogen-bond donors (Lipinski definition) is 1. The van der Waals surface area contributed by atoms with Gasteiger partial charge in [-0.15, -0.1) is 0 Å². The van der Waals surface area contributed by atoms with E-state index in [4.69, 9.17) is 10.2 Å². The Hall–Kier alpha value is -0.353. The lowest BCUT2D eigenvalue weighted by atomic mass is 10.5. The summed E-state index contributed by atoms with van der Waals surface area (Å²) in [7, 11) is -1.66. The quantitative estimate of drug-likeness (QED) is 0.620. The summed E-state index contributed by atoms with van der Waals surface area (Å²) >= 11 is 0. The highest BCUT2D eigenvalue weighted by Crippen LogP contribution is 2.03. The van der Waals surface area contributed by atoms with Crippen LogP contribution >= 0.6 is 0 Å². The lowest BCUT2D eigenvalue weighted by Gasteiger charge is -2.16. The van der Waals surface area contributed by atoms with Crippen molar-refractivity contribution in [3.8, 4) is 0 Å². The molecule has 0 atom stereocenters. The zero-order chi connectivity index (χ0) is 8.20. The molecule has 4 heteroatoms. The monoisotopic (exact) mass is 161 g/mol. The Kier molecular flexibility index (Phi) is 3.60. The van der Waals surface area contributed by atoms with Crippen molar-refractivity contribution < 1.29 is 9.22 Å². The van der Waals surface area contributed by atoms with Gasteiger partial charge in [0.25, 0.3) is 5.97 Å². The van der Waals surface area contributed by atoms with E-state index in [0.29, 0.717) is 13.0 Å². The molecule has 0 saturated carbocycles. The lowest BCUT2D eigenvalue weighted by molar-refractivity contribution is -0.134. The molecule has 2 N–H and O–H groups in total. The van der Waals surface area contributed by atoms with Crippen molar-refractivity contribution in [1.82, 2.24) is 0 Å². The average Bonchev–Trinajstić information content (AvgIpc) is 1.59. The zero-order valence-electron chi connectivity index (χ0n) is 6.81. The highest BCUT2D eigenvalue weighted by molar-refractivity contribution is 6.71. The van der Waals surface area contributed by atoms with Gasteiger partial charge in [-0.3, -0.25) is 4.79 Å². The molecule has 0 aromatic heterocycles. The summed E-state index contributed by atoms with van der Waals surface area (Å²) in [6.07, 6.45) is 0.338.